The Kier molecular flexibility index (Phi) is 5.40. The van der Waals surface area contributed by atoms with Gasteiger partial charge in [-0.2, -0.15) is 0 Å². The maximum atomic E-state index is 11.7. The molecule has 0 unspecified atom stereocenters. The summed E-state index contributed by atoms with van der Waals surface area (Å²) in [6.07, 6.45) is 1.47. The number of carbonyl (C=O) groups is 2. The third kappa shape index (κ3) is 4.34. The first-order valence-corrected chi connectivity index (χ1v) is 5.66. The zero-order valence-corrected chi connectivity index (χ0v) is 10.4. The van der Waals surface area contributed by atoms with E-state index in [1.54, 1.807) is 12.1 Å². The van der Waals surface area contributed by atoms with Crippen LogP contribution >= 0.6 is 0 Å². The standard InChI is InChI=1S/C13H16N2O4/c1-2-11(16)18-7-4-8-19-13(17)9-5-3-6-10(14)12(9)15/h2-3,5-6H,1,4,7-8,14-15H2. The van der Waals surface area contributed by atoms with E-state index in [1.165, 1.54) is 6.07 Å². The molecule has 0 saturated heterocycles. The molecular weight excluding hydrogens is 248 g/mol. The van der Waals surface area contributed by atoms with Gasteiger partial charge in [-0.1, -0.05) is 12.6 Å². The molecule has 19 heavy (non-hydrogen) atoms. The van der Waals surface area contributed by atoms with E-state index in [9.17, 15) is 9.59 Å². The summed E-state index contributed by atoms with van der Waals surface area (Å²) >= 11 is 0. The van der Waals surface area contributed by atoms with E-state index in [1.807, 2.05) is 0 Å². The molecule has 6 heteroatoms. The Morgan fingerprint density at radius 2 is 1.89 bits per heavy atom. The summed E-state index contributed by atoms with van der Waals surface area (Å²) in [5, 5.41) is 0. The van der Waals surface area contributed by atoms with E-state index in [0.29, 0.717) is 12.1 Å². The monoisotopic (exact) mass is 264 g/mol. The Morgan fingerprint density at radius 1 is 1.21 bits per heavy atom. The van der Waals surface area contributed by atoms with Gasteiger partial charge < -0.3 is 20.9 Å². The highest BCUT2D eigenvalue weighted by Crippen LogP contribution is 2.20. The van der Waals surface area contributed by atoms with E-state index in [0.717, 1.165) is 6.08 Å². The van der Waals surface area contributed by atoms with Crippen LogP contribution in [0.1, 0.15) is 16.8 Å². The number of ether oxygens (including phenoxy) is 2. The molecule has 102 valence electrons. The van der Waals surface area contributed by atoms with Crippen LogP contribution in [-0.2, 0) is 14.3 Å². The number of para-hydroxylation sites is 1. The fourth-order valence-electron chi connectivity index (χ4n) is 1.29. The zero-order valence-electron chi connectivity index (χ0n) is 10.4. The molecule has 1 aromatic carbocycles. The molecule has 1 aromatic rings. The maximum Gasteiger partial charge on any atom is 0.340 e. The summed E-state index contributed by atoms with van der Waals surface area (Å²) in [7, 11) is 0. The number of carbonyl (C=O) groups excluding carboxylic acids is 2. The Hall–Kier alpha value is -2.50. The molecule has 1 rings (SSSR count). The predicted molar refractivity (Wildman–Crippen MR) is 71.3 cm³/mol. The maximum absolute atomic E-state index is 11.7. The molecule has 0 bridgehead atoms. The smallest absolute Gasteiger partial charge is 0.340 e. The second-order valence-electron chi connectivity index (χ2n) is 3.67. The van der Waals surface area contributed by atoms with Gasteiger partial charge in [0, 0.05) is 12.5 Å². The van der Waals surface area contributed by atoms with Crippen molar-refractivity contribution in [2.45, 2.75) is 6.42 Å². The van der Waals surface area contributed by atoms with Gasteiger partial charge in [-0.3, -0.25) is 0 Å². The Balaban J connectivity index is 2.37. The highest BCUT2D eigenvalue weighted by molar-refractivity contribution is 5.97. The fraction of sp³-hybridized carbons (Fsp3) is 0.231. The van der Waals surface area contributed by atoms with Gasteiger partial charge in [0.05, 0.1) is 30.2 Å². The summed E-state index contributed by atoms with van der Waals surface area (Å²) in [6.45, 7) is 3.54. The number of hydrogen-bond donors (Lipinski definition) is 2. The van der Waals surface area contributed by atoms with Gasteiger partial charge in [0.1, 0.15) is 0 Å². The van der Waals surface area contributed by atoms with Crippen LogP contribution < -0.4 is 11.5 Å². The van der Waals surface area contributed by atoms with E-state index in [2.05, 4.69) is 6.58 Å². The first-order chi connectivity index (χ1) is 9.06. The molecule has 0 heterocycles. The van der Waals surface area contributed by atoms with E-state index in [-0.39, 0.29) is 24.5 Å². The minimum atomic E-state index is -0.556. The summed E-state index contributed by atoms with van der Waals surface area (Å²) < 4.78 is 9.72. The van der Waals surface area contributed by atoms with Crippen molar-refractivity contribution < 1.29 is 19.1 Å². The van der Waals surface area contributed by atoms with Crippen molar-refractivity contribution in [2.24, 2.45) is 0 Å². The number of anilines is 2. The molecule has 0 spiro atoms. The topological polar surface area (TPSA) is 105 Å². The number of hydrogen-bond acceptors (Lipinski definition) is 6. The molecule has 0 saturated carbocycles. The molecule has 0 atom stereocenters. The SMILES string of the molecule is C=CC(=O)OCCCOC(=O)c1cccc(N)c1N. The Labute approximate surface area is 111 Å². The quantitative estimate of drug-likeness (QED) is 0.345. The third-order valence-electron chi connectivity index (χ3n) is 2.29. The second kappa shape index (κ2) is 7.05. The molecule has 0 aromatic heterocycles. The fourth-order valence-corrected chi connectivity index (χ4v) is 1.29. The number of benzene rings is 1. The average molecular weight is 264 g/mol. The molecular formula is C13H16N2O4. The van der Waals surface area contributed by atoms with Gasteiger partial charge >= 0.3 is 11.9 Å². The van der Waals surface area contributed by atoms with Gasteiger partial charge in [-0.15, -0.1) is 0 Å². The van der Waals surface area contributed by atoms with Crippen molar-refractivity contribution in [3.05, 3.63) is 36.4 Å². The summed E-state index contributed by atoms with van der Waals surface area (Å²) in [5.41, 5.74) is 12.0. The molecule has 0 radical (unpaired) electrons. The molecule has 0 aliphatic heterocycles. The van der Waals surface area contributed by atoms with Gasteiger partial charge in [0.2, 0.25) is 0 Å². The van der Waals surface area contributed by atoms with Crippen molar-refractivity contribution >= 4 is 23.3 Å². The molecule has 0 aliphatic rings. The molecule has 0 fully saturated rings. The lowest BCUT2D eigenvalue weighted by Gasteiger charge is -2.08. The summed E-state index contributed by atoms with van der Waals surface area (Å²) in [6, 6.07) is 4.75. The largest absolute Gasteiger partial charge is 0.462 e. The van der Waals surface area contributed by atoms with Crippen LogP contribution in [-0.4, -0.2) is 25.2 Å². The number of esters is 2. The zero-order chi connectivity index (χ0) is 14.3. The number of nitrogen functional groups attached to an aromatic ring is 2. The highest BCUT2D eigenvalue weighted by atomic mass is 16.5. The number of nitrogens with two attached hydrogens (primary N) is 2. The van der Waals surface area contributed by atoms with Crippen LogP contribution in [0.25, 0.3) is 0 Å². The first-order valence-electron chi connectivity index (χ1n) is 5.66. The lowest BCUT2D eigenvalue weighted by molar-refractivity contribution is -0.137. The van der Waals surface area contributed by atoms with Gasteiger partial charge in [0.25, 0.3) is 0 Å². The van der Waals surface area contributed by atoms with Gasteiger partial charge in [-0.05, 0) is 12.1 Å². The van der Waals surface area contributed by atoms with Crippen molar-refractivity contribution in [1.82, 2.24) is 0 Å². The van der Waals surface area contributed by atoms with Crippen LogP contribution in [0.15, 0.2) is 30.9 Å². The second-order valence-corrected chi connectivity index (χ2v) is 3.67. The molecule has 4 N–H and O–H groups in total. The van der Waals surface area contributed by atoms with Crippen LogP contribution in [0.5, 0.6) is 0 Å². The molecule has 0 aliphatic carbocycles. The van der Waals surface area contributed by atoms with Crippen molar-refractivity contribution in [3.63, 3.8) is 0 Å². The van der Waals surface area contributed by atoms with Crippen LogP contribution in [0.2, 0.25) is 0 Å². The normalized spacial score (nSPS) is 9.68. The lowest BCUT2D eigenvalue weighted by atomic mass is 10.1. The Bertz CT molecular complexity index is 486. The number of rotatable bonds is 6. The van der Waals surface area contributed by atoms with Gasteiger partial charge in [-0.25, -0.2) is 9.59 Å². The van der Waals surface area contributed by atoms with E-state index < -0.39 is 11.9 Å². The van der Waals surface area contributed by atoms with E-state index >= 15 is 0 Å². The van der Waals surface area contributed by atoms with E-state index in [4.69, 9.17) is 20.9 Å². The molecule has 6 nitrogen and oxygen atoms in total. The summed E-state index contributed by atoms with van der Waals surface area (Å²) in [4.78, 5) is 22.4. The minimum Gasteiger partial charge on any atom is -0.462 e. The summed E-state index contributed by atoms with van der Waals surface area (Å²) in [5.74, 6) is -1.06. The lowest BCUT2D eigenvalue weighted by Crippen LogP contribution is -2.12. The minimum absolute atomic E-state index is 0.123. The van der Waals surface area contributed by atoms with Gasteiger partial charge in [0.15, 0.2) is 0 Å². The third-order valence-corrected chi connectivity index (χ3v) is 2.29. The van der Waals surface area contributed by atoms with Crippen LogP contribution in [0.3, 0.4) is 0 Å². The van der Waals surface area contributed by atoms with Crippen molar-refractivity contribution in [3.8, 4) is 0 Å². The average Bonchev–Trinajstić information content (AvgIpc) is 2.40. The first kappa shape index (κ1) is 14.6. The van der Waals surface area contributed by atoms with Crippen LogP contribution in [0, 0.1) is 0 Å². The van der Waals surface area contributed by atoms with Crippen LogP contribution in [0.4, 0.5) is 11.4 Å². The van der Waals surface area contributed by atoms with Crippen molar-refractivity contribution in [1.29, 1.82) is 0 Å². The van der Waals surface area contributed by atoms with Crippen molar-refractivity contribution in [2.75, 3.05) is 24.7 Å². The Morgan fingerprint density at radius 3 is 2.58 bits per heavy atom. The molecule has 0 amide bonds. The highest BCUT2D eigenvalue weighted by Gasteiger charge is 2.12. The predicted octanol–water partition coefficient (Wildman–Crippen LogP) is 1.13.